The van der Waals surface area contributed by atoms with Gasteiger partial charge in [0.25, 0.3) is 5.91 Å². The number of hydrogen-bond donors (Lipinski definition) is 1. The number of piperidine rings is 1. The van der Waals surface area contributed by atoms with Gasteiger partial charge >= 0.3 is 0 Å². The minimum absolute atomic E-state index is 0.101. The fourth-order valence-electron chi connectivity index (χ4n) is 4.54. The summed E-state index contributed by atoms with van der Waals surface area (Å²) in [5.41, 5.74) is 3.32. The summed E-state index contributed by atoms with van der Waals surface area (Å²) in [5.74, 6) is 0.144. The third-order valence-corrected chi connectivity index (χ3v) is 6.46. The zero-order valence-electron chi connectivity index (χ0n) is 18.5. The summed E-state index contributed by atoms with van der Waals surface area (Å²) in [6.45, 7) is 4.59. The molecule has 1 saturated heterocycles. The van der Waals surface area contributed by atoms with Gasteiger partial charge in [0, 0.05) is 18.3 Å². The molecule has 2 aromatic carbocycles. The molecule has 5 heteroatoms. The summed E-state index contributed by atoms with van der Waals surface area (Å²) in [4.78, 5) is 31.8. The Kier molecular flexibility index (Phi) is 6.76. The quantitative estimate of drug-likeness (QED) is 0.616. The summed E-state index contributed by atoms with van der Waals surface area (Å²) in [5, 5.41) is 2.93. The largest absolute Gasteiger partial charge is 0.346 e. The van der Waals surface area contributed by atoms with E-state index in [4.69, 9.17) is 0 Å². The first kappa shape index (κ1) is 21.9. The van der Waals surface area contributed by atoms with Crippen molar-refractivity contribution >= 4 is 11.7 Å². The van der Waals surface area contributed by atoms with Crippen LogP contribution >= 0.6 is 0 Å². The number of rotatable bonds is 7. The van der Waals surface area contributed by atoms with E-state index in [-0.39, 0.29) is 17.1 Å². The maximum absolute atomic E-state index is 12.6. The van der Waals surface area contributed by atoms with Crippen molar-refractivity contribution in [1.82, 2.24) is 15.2 Å². The van der Waals surface area contributed by atoms with Crippen molar-refractivity contribution in [3.8, 4) is 0 Å². The zero-order valence-corrected chi connectivity index (χ0v) is 18.5. The highest BCUT2D eigenvalue weighted by Gasteiger charge is 2.40. The van der Waals surface area contributed by atoms with Crippen molar-refractivity contribution in [2.45, 2.75) is 38.3 Å². The van der Waals surface area contributed by atoms with Crippen molar-refractivity contribution in [2.24, 2.45) is 0 Å². The van der Waals surface area contributed by atoms with Crippen molar-refractivity contribution < 1.29 is 9.59 Å². The van der Waals surface area contributed by atoms with E-state index in [1.807, 2.05) is 54.6 Å². The molecule has 5 nitrogen and oxygen atoms in total. The third-order valence-electron chi connectivity index (χ3n) is 6.46. The molecule has 4 rings (SSSR count). The van der Waals surface area contributed by atoms with E-state index >= 15 is 0 Å². The fraction of sp³-hybridized carbons (Fsp3) is 0.296. The predicted molar refractivity (Wildman–Crippen MR) is 125 cm³/mol. The molecule has 0 spiro atoms. The molecule has 0 unspecified atom stereocenters. The third kappa shape index (κ3) is 4.94. The lowest BCUT2D eigenvalue weighted by Gasteiger charge is -2.40. The van der Waals surface area contributed by atoms with Crippen molar-refractivity contribution in [3.05, 3.63) is 101 Å². The first-order chi connectivity index (χ1) is 15.6. The Hall–Kier alpha value is -3.31. The Balaban J connectivity index is 1.37. The molecule has 3 aromatic rings. The SMILES string of the molecule is CC(=O)C1(c2ccccc2)CCN(Cc2cccc(C(=O)NCc3ccccn3)c2)CC1. The number of pyridine rings is 1. The highest BCUT2D eigenvalue weighted by Crippen LogP contribution is 2.36. The van der Waals surface area contributed by atoms with Gasteiger partial charge < -0.3 is 5.32 Å². The molecule has 1 amide bonds. The Labute approximate surface area is 189 Å². The molecule has 1 N–H and O–H groups in total. The van der Waals surface area contributed by atoms with Gasteiger partial charge in [-0.1, -0.05) is 48.5 Å². The van der Waals surface area contributed by atoms with Crippen LogP contribution in [0.25, 0.3) is 0 Å². The molecule has 1 fully saturated rings. The van der Waals surface area contributed by atoms with Gasteiger partial charge in [0.1, 0.15) is 5.78 Å². The smallest absolute Gasteiger partial charge is 0.251 e. The van der Waals surface area contributed by atoms with Crippen molar-refractivity contribution in [3.63, 3.8) is 0 Å². The predicted octanol–water partition coefficient (Wildman–Crippen LogP) is 4.13. The van der Waals surface area contributed by atoms with E-state index in [9.17, 15) is 9.59 Å². The normalized spacial score (nSPS) is 15.8. The molecule has 0 aliphatic carbocycles. The van der Waals surface area contributed by atoms with Crippen LogP contribution < -0.4 is 5.32 Å². The number of carbonyl (C=O) groups excluding carboxylic acids is 2. The molecule has 1 aliphatic heterocycles. The lowest BCUT2D eigenvalue weighted by molar-refractivity contribution is -0.124. The molecule has 0 atom stereocenters. The van der Waals surface area contributed by atoms with Gasteiger partial charge in [0.2, 0.25) is 0 Å². The average molecular weight is 428 g/mol. The van der Waals surface area contributed by atoms with E-state index in [1.54, 1.807) is 13.1 Å². The Morgan fingerprint density at radius 2 is 1.72 bits per heavy atom. The second-order valence-corrected chi connectivity index (χ2v) is 8.48. The zero-order chi connectivity index (χ0) is 22.4. The number of ketones is 1. The first-order valence-electron chi connectivity index (χ1n) is 11.1. The maximum Gasteiger partial charge on any atom is 0.251 e. The molecule has 1 aliphatic rings. The molecular weight excluding hydrogens is 398 g/mol. The number of hydrogen-bond acceptors (Lipinski definition) is 4. The number of likely N-dealkylation sites (tertiary alicyclic amines) is 1. The molecule has 1 aromatic heterocycles. The Morgan fingerprint density at radius 1 is 0.969 bits per heavy atom. The Morgan fingerprint density at radius 3 is 2.41 bits per heavy atom. The van der Waals surface area contributed by atoms with Gasteiger partial charge in [0.15, 0.2) is 0 Å². The fourth-order valence-corrected chi connectivity index (χ4v) is 4.54. The number of nitrogens with one attached hydrogen (secondary N) is 1. The van der Waals surface area contributed by atoms with Crippen LogP contribution in [0.4, 0.5) is 0 Å². The molecule has 0 radical (unpaired) electrons. The van der Waals surface area contributed by atoms with Crippen LogP contribution in [0.3, 0.4) is 0 Å². The summed E-state index contributed by atoms with van der Waals surface area (Å²) >= 11 is 0. The number of nitrogens with zero attached hydrogens (tertiary/aromatic N) is 2. The first-order valence-corrected chi connectivity index (χ1v) is 11.1. The number of Topliss-reactive ketones (excluding diaryl/α,β-unsaturated/α-hetero) is 1. The average Bonchev–Trinajstić information content (AvgIpc) is 2.84. The number of amides is 1. The van der Waals surface area contributed by atoms with Gasteiger partial charge in [-0.05, 0) is 68.2 Å². The lowest BCUT2D eigenvalue weighted by Crippen LogP contribution is -2.46. The van der Waals surface area contributed by atoms with Crippen molar-refractivity contribution in [1.29, 1.82) is 0 Å². The second-order valence-electron chi connectivity index (χ2n) is 8.48. The van der Waals surface area contributed by atoms with E-state index in [1.165, 1.54) is 0 Å². The van der Waals surface area contributed by atoms with Crippen LogP contribution in [0.15, 0.2) is 79.0 Å². The minimum Gasteiger partial charge on any atom is -0.346 e. The van der Waals surface area contributed by atoms with E-state index < -0.39 is 0 Å². The van der Waals surface area contributed by atoms with E-state index in [2.05, 4.69) is 33.4 Å². The molecule has 32 heavy (non-hydrogen) atoms. The van der Waals surface area contributed by atoms with Gasteiger partial charge in [-0.2, -0.15) is 0 Å². The monoisotopic (exact) mass is 427 g/mol. The lowest BCUT2D eigenvalue weighted by atomic mass is 9.70. The molecule has 0 bridgehead atoms. The van der Waals surface area contributed by atoms with Gasteiger partial charge in [0.05, 0.1) is 17.7 Å². The van der Waals surface area contributed by atoms with Gasteiger partial charge in [-0.15, -0.1) is 0 Å². The summed E-state index contributed by atoms with van der Waals surface area (Å²) in [7, 11) is 0. The number of benzene rings is 2. The van der Waals surface area contributed by atoms with Crippen molar-refractivity contribution in [2.75, 3.05) is 13.1 Å². The Bertz CT molecular complexity index is 1060. The number of aromatic nitrogens is 1. The molecule has 164 valence electrons. The topological polar surface area (TPSA) is 62.3 Å². The van der Waals surface area contributed by atoms with Crippen LogP contribution in [-0.4, -0.2) is 34.7 Å². The van der Waals surface area contributed by atoms with Gasteiger partial charge in [-0.25, -0.2) is 0 Å². The summed E-state index contributed by atoms with van der Waals surface area (Å²) in [6.07, 6.45) is 3.35. The van der Waals surface area contributed by atoms with Crippen LogP contribution in [0.1, 0.15) is 46.9 Å². The maximum atomic E-state index is 12.6. The van der Waals surface area contributed by atoms with Crippen LogP contribution in [-0.2, 0) is 23.3 Å². The highest BCUT2D eigenvalue weighted by atomic mass is 16.1. The molecular formula is C27H29N3O2. The standard InChI is InChI=1S/C27H29N3O2/c1-21(31)27(24-10-3-2-4-11-24)13-16-30(17-14-27)20-22-8-7-9-23(18-22)26(32)29-19-25-12-5-6-15-28-25/h2-12,15,18H,13-14,16-17,19-20H2,1H3,(H,29,32). The van der Waals surface area contributed by atoms with E-state index in [0.717, 1.165) is 49.3 Å². The van der Waals surface area contributed by atoms with E-state index in [0.29, 0.717) is 12.1 Å². The second kappa shape index (κ2) is 9.88. The molecule has 0 saturated carbocycles. The number of carbonyl (C=O) groups is 2. The van der Waals surface area contributed by atoms with Crippen LogP contribution in [0.2, 0.25) is 0 Å². The molecule has 2 heterocycles. The van der Waals surface area contributed by atoms with Crippen LogP contribution in [0, 0.1) is 0 Å². The van der Waals surface area contributed by atoms with Gasteiger partial charge in [-0.3, -0.25) is 19.5 Å². The van der Waals surface area contributed by atoms with Crippen LogP contribution in [0.5, 0.6) is 0 Å². The summed E-state index contributed by atoms with van der Waals surface area (Å²) in [6, 6.07) is 23.6. The minimum atomic E-state index is -0.384. The summed E-state index contributed by atoms with van der Waals surface area (Å²) < 4.78 is 0. The highest BCUT2D eigenvalue weighted by molar-refractivity contribution is 5.94.